The summed E-state index contributed by atoms with van der Waals surface area (Å²) >= 11 is 3.23. The maximum Gasteiger partial charge on any atom is 0.137 e. The molecule has 18 heavy (non-hydrogen) atoms. The Morgan fingerprint density at radius 1 is 1.28 bits per heavy atom. The number of benzene rings is 1. The molecule has 0 spiro atoms. The monoisotopic (exact) mass is 311 g/mol. The van der Waals surface area contributed by atoms with Crippen LogP contribution in [0.3, 0.4) is 0 Å². The van der Waals surface area contributed by atoms with Gasteiger partial charge in [-0.1, -0.05) is 18.9 Å². The van der Waals surface area contributed by atoms with Gasteiger partial charge in [-0.2, -0.15) is 0 Å². The van der Waals surface area contributed by atoms with Crippen LogP contribution in [0.25, 0.3) is 0 Å². The van der Waals surface area contributed by atoms with Crippen molar-refractivity contribution >= 4 is 15.9 Å². The molecule has 1 aromatic carbocycles. The molecule has 0 heterocycles. The molecule has 0 aromatic heterocycles. The van der Waals surface area contributed by atoms with Gasteiger partial charge in [0.1, 0.15) is 5.82 Å². The largest absolute Gasteiger partial charge is 0.327 e. The molecule has 0 amide bonds. The van der Waals surface area contributed by atoms with E-state index < -0.39 is 0 Å². The zero-order chi connectivity index (χ0) is 12.7. The van der Waals surface area contributed by atoms with Crippen LogP contribution in [0.4, 0.5) is 4.39 Å². The minimum absolute atomic E-state index is 0.201. The Morgan fingerprint density at radius 3 is 2.56 bits per heavy atom. The molecule has 1 aromatic rings. The molecule has 3 atom stereocenters. The van der Waals surface area contributed by atoms with Gasteiger partial charge >= 0.3 is 0 Å². The Morgan fingerprint density at radius 2 is 1.94 bits per heavy atom. The number of fused-ring (bicyclic) bond motifs is 1. The first-order chi connectivity index (χ1) is 8.66. The third-order valence-corrected chi connectivity index (χ3v) is 5.28. The van der Waals surface area contributed by atoms with E-state index in [9.17, 15) is 4.39 Å². The molecule has 2 aliphatic carbocycles. The van der Waals surface area contributed by atoms with E-state index in [4.69, 9.17) is 5.73 Å². The van der Waals surface area contributed by atoms with E-state index in [1.54, 1.807) is 0 Å². The van der Waals surface area contributed by atoms with E-state index in [0.29, 0.717) is 4.47 Å². The number of rotatable bonds is 3. The highest BCUT2D eigenvalue weighted by Gasteiger charge is 2.52. The van der Waals surface area contributed by atoms with E-state index in [2.05, 4.69) is 15.9 Å². The zero-order valence-electron chi connectivity index (χ0n) is 10.4. The highest BCUT2D eigenvalue weighted by molar-refractivity contribution is 9.10. The van der Waals surface area contributed by atoms with Crippen LogP contribution in [0.5, 0.6) is 0 Å². The summed E-state index contributed by atoms with van der Waals surface area (Å²) in [5, 5.41) is 0. The molecule has 2 saturated carbocycles. The first kappa shape index (κ1) is 12.6. The normalized spacial score (nSPS) is 31.8. The van der Waals surface area contributed by atoms with Crippen molar-refractivity contribution in [3.63, 3.8) is 0 Å². The van der Waals surface area contributed by atoms with Crippen molar-refractivity contribution in [3.8, 4) is 0 Å². The van der Waals surface area contributed by atoms with Gasteiger partial charge in [0.25, 0.3) is 0 Å². The van der Waals surface area contributed by atoms with Gasteiger partial charge in [-0.05, 0) is 70.6 Å². The standard InChI is InChI=1S/C15H19BrFN/c16-12-7-9(5-6-13(12)17)8-14(18)15-10-3-1-2-4-11(10)15/h5-7,10-11,14-15H,1-4,8,18H2. The van der Waals surface area contributed by atoms with Crippen LogP contribution < -0.4 is 5.73 Å². The second kappa shape index (κ2) is 4.93. The predicted molar refractivity (Wildman–Crippen MR) is 74.7 cm³/mol. The third kappa shape index (κ3) is 2.35. The summed E-state index contributed by atoms with van der Waals surface area (Å²) in [6, 6.07) is 5.48. The number of nitrogens with two attached hydrogens (primary N) is 1. The average molecular weight is 312 g/mol. The Hall–Kier alpha value is -0.410. The minimum atomic E-state index is -0.201. The molecule has 2 aliphatic rings. The fraction of sp³-hybridized carbons (Fsp3) is 0.600. The van der Waals surface area contributed by atoms with Crippen molar-refractivity contribution in [2.45, 2.75) is 38.1 Å². The van der Waals surface area contributed by atoms with Crippen molar-refractivity contribution in [1.82, 2.24) is 0 Å². The summed E-state index contributed by atoms with van der Waals surface area (Å²) in [7, 11) is 0. The van der Waals surface area contributed by atoms with Gasteiger partial charge in [-0.15, -0.1) is 0 Å². The fourth-order valence-electron chi connectivity index (χ4n) is 3.76. The Bertz CT molecular complexity index is 436. The number of hydrogen-bond donors (Lipinski definition) is 1. The van der Waals surface area contributed by atoms with E-state index >= 15 is 0 Å². The first-order valence-electron chi connectivity index (χ1n) is 6.86. The lowest BCUT2D eigenvalue weighted by Gasteiger charge is -2.12. The third-order valence-electron chi connectivity index (χ3n) is 4.67. The van der Waals surface area contributed by atoms with Gasteiger partial charge in [0, 0.05) is 6.04 Å². The fourth-order valence-corrected chi connectivity index (χ4v) is 4.18. The van der Waals surface area contributed by atoms with Gasteiger partial charge in [0.2, 0.25) is 0 Å². The van der Waals surface area contributed by atoms with Gasteiger partial charge in [0.05, 0.1) is 4.47 Å². The van der Waals surface area contributed by atoms with Crippen molar-refractivity contribution < 1.29 is 4.39 Å². The molecule has 3 unspecified atom stereocenters. The summed E-state index contributed by atoms with van der Waals surface area (Å²) in [6.07, 6.45) is 6.38. The van der Waals surface area contributed by atoms with E-state index in [0.717, 1.165) is 29.7 Å². The lowest BCUT2D eigenvalue weighted by atomic mass is 10.0. The second-order valence-electron chi connectivity index (χ2n) is 5.81. The first-order valence-corrected chi connectivity index (χ1v) is 7.65. The molecule has 0 aliphatic heterocycles. The maximum atomic E-state index is 13.2. The quantitative estimate of drug-likeness (QED) is 0.900. The highest BCUT2D eigenvalue weighted by Crippen LogP contribution is 2.56. The number of hydrogen-bond acceptors (Lipinski definition) is 1. The molecule has 1 nitrogen and oxygen atoms in total. The predicted octanol–water partition coefficient (Wildman–Crippen LogP) is 3.89. The average Bonchev–Trinajstić information content (AvgIpc) is 3.08. The van der Waals surface area contributed by atoms with Crippen molar-refractivity contribution in [2.75, 3.05) is 0 Å². The van der Waals surface area contributed by atoms with E-state index in [-0.39, 0.29) is 11.9 Å². The summed E-state index contributed by atoms with van der Waals surface area (Å²) in [5.74, 6) is 2.29. The second-order valence-corrected chi connectivity index (χ2v) is 6.66. The van der Waals surface area contributed by atoms with Gasteiger partial charge in [-0.25, -0.2) is 4.39 Å². The molecular weight excluding hydrogens is 293 g/mol. The Kier molecular flexibility index (Phi) is 3.46. The molecule has 3 heteroatoms. The highest BCUT2D eigenvalue weighted by atomic mass is 79.9. The van der Waals surface area contributed by atoms with Crippen molar-refractivity contribution in [1.29, 1.82) is 0 Å². The Labute approximate surface area is 116 Å². The maximum absolute atomic E-state index is 13.2. The zero-order valence-corrected chi connectivity index (χ0v) is 12.0. The van der Waals surface area contributed by atoms with Crippen LogP contribution in [0.1, 0.15) is 31.2 Å². The molecule has 3 rings (SSSR count). The van der Waals surface area contributed by atoms with Gasteiger partial charge < -0.3 is 5.73 Å². The van der Waals surface area contributed by atoms with Crippen LogP contribution in [0, 0.1) is 23.6 Å². The lowest BCUT2D eigenvalue weighted by molar-refractivity contribution is 0.480. The van der Waals surface area contributed by atoms with Crippen LogP contribution >= 0.6 is 15.9 Å². The SMILES string of the molecule is NC(Cc1ccc(F)c(Br)c1)C1C2CCCCC21. The van der Waals surface area contributed by atoms with E-state index in [1.165, 1.54) is 31.7 Å². The molecule has 2 fully saturated rings. The topological polar surface area (TPSA) is 26.0 Å². The molecule has 0 saturated heterocycles. The summed E-state index contributed by atoms with van der Waals surface area (Å²) in [6.45, 7) is 0. The van der Waals surface area contributed by atoms with Crippen LogP contribution in [0.2, 0.25) is 0 Å². The molecule has 0 radical (unpaired) electrons. The van der Waals surface area contributed by atoms with Crippen LogP contribution in [-0.2, 0) is 6.42 Å². The summed E-state index contributed by atoms with van der Waals surface area (Å²) in [4.78, 5) is 0. The van der Waals surface area contributed by atoms with E-state index in [1.807, 2.05) is 12.1 Å². The summed E-state index contributed by atoms with van der Waals surface area (Å²) in [5.41, 5.74) is 7.49. The van der Waals surface area contributed by atoms with Crippen molar-refractivity contribution in [3.05, 3.63) is 34.1 Å². The number of halogens is 2. The minimum Gasteiger partial charge on any atom is -0.327 e. The van der Waals surface area contributed by atoms with Gasteiger partial charge in [0.15, 0.2) is 0 Å². The molecule has 98 valence electrons. The smallest absolute Gasteiger partial charge is 0.137 e. The van der Waals surface area contributed by atoms with Crippen molar-refractivity contribution in [2.24, 2.45) is 23.5 Å². The lowest BCUT2D eigenvalue weighted by Crippen LogP contribution is -2.26. The van der Waals surface area contributed by atoms with Crippen LogP contribution in [-0.4, -0.2) is 6.04 Å². The van der Waals surface area contributed by atoms with Gasteiger partial charge in [-0.3, -0.25) is 0 Å². The summed E-state index contributed by atoms with van der Waals surface area (Å²) < 4.78 is 13.7. The molecule has 0 bridgehead atoms. The Balaban J connectivity index is 1.64. The van der Waals surface area contributed by atoms with Crippen LogP contribution in [0.15, 0.2) is 22.7 Å². The molecular formula is C15H19BrFN. The molecule has 2 N–H and O–H groups in total.